The second-order valence-electron chi connectivity index (χ2n) is 4.24. The molecule has 7 heteroatoms. The first-order valence-corrected chi connectivity index (χ1v) is 7.15. The minimum absolute atomic E-state index is 0.212. The van der Waals surface area contributed by atoms with Gasteiger partial charge in [-0.25, -0.2) is 13.1 Å². The molecule has 1 heterocycles. The van der Waals surface area contributed by atoms with E-state index in [0.717, 1.165) is 12.8 Å². The number of aryl methyl sites for hydroxylation is 1. The topological polar surface area (TPSA) is 101 Å². The molecule has 1 rings (SSSR count). The number of nitrogens with one attached hydrogen (secondary N) is 2. The summed E-state index contributed by atoms with van der Waals surface area (Å²) >= 11 is 0. The van der Waals surface area contributed by atoms with Crippen molar-refractivity contribution in [1.82, 2.24) is 14.9 Å². The van der Waals surface area contributed by atoms with Crippen LogP contribution >= 0.6 is 0 Å². The van der Waals surface area contributed by atoms with Crippen LogP contribution in [0.3, 0.4) is 0 Å². The van der Waals surface area contributed by atoms with Crippen LogP contribution in [0.5, 0.6) is 0 Å². The highest BCUT2D eigenvalue weighted by Crippen LogP contribution is 2.11. The first-order valence-electron chi connectivity index (χ1n) is 5.67. The van der Waals surface area contributed by atoms with E-state index in [4.69, 9.17) is 5.73 Å². The molecule has 1 aromatic rings. The second-order valence-corrected chi connectivity index (χ2v) is 5.98. The third-order valence-electron chi connectivity index (χ3n) is 2.64. The summed E-state index contributed by atoms with van der Waals surface area (Å²) < 4.78 is 26.2. The predicted molar refractivity (Wildman–Crippen MR) is 66.0 cm³/mol. The van der Waals surface area contributed by atoms with Gasteiger partial charge >= 0.3 is 0 Å². The molecule has 0 saturated heterocycles. The van der Waals surface area contributed by atoms with Crippen molar-refractivity contribution in [2.24, 2.45) is 11.7 Å². The number of hydrogen-bond donors (Lipinski definition) is 3. The zero-order chi connectivity index (χ0) is 12.9. The Bertz CT molecular complexity index is 441. The molecule has 0 bridgehead atoms. The summed E-state index contributed by atoms with van der Waals surface area (Å²) in [6, 6.07) is 0. The summed E-state index contributed by atoms with van der Waals surface area (Å²) in [6.45, 7) is 4.79. The van der Waals surface area contributed by atoms with E-state index in [1.54, 1.807) is 6.92 Å². The lowest BCUT2D eigenvalue weighted by Gasteiger charge is -2.09. The minimum atomic E-state index is -3.43. The summed E-state index contributed by atoms with van der Waals surface area (Å²) in [5.41, 5.74) is 6.03. The number of hydrogen-bond acceptors (Lipinski definition) is 4. The Morgan fingerprint density at radius 3 is 2.82 bits per heavy atom. The van der Waals surface area contributed by atoms with Gasteiger partial charge in [0.25, 0.3) is 0 Å². The number of sulfonamides is 1. The van der Waals surface area contributed by atoms with Gasteiger partial charge in [0.15, 0.2) is 0 Å². The Balaban J connectivity index is 2.44. The minimum Gasteiger partial charge on any atom is -0.330 e. The summed E-state index contributed by atoms with van der Waals surface area (Å²) in [5.74, 6) is 0.426. The van der Waals surface area contributed by atoms with Crippen LogP contribution in [0, 0.1) is 12.8 Å². The molecule has 1 aromatic heterocycles. The number of aromatic nitrogens is 2. The zero-order valence-electron chi connectivity index (χ0n) is 10.2. The molecule has 0 aliphatic heterocycles. The van der Waals surface area contributed by atoms with Crippen molar-refractivity contribution in [3.05, 3.63) is 11.9 Å². The van der Waals surface area contributed by atoms with E-state index in [1.165, 1.54) is 6.20 Å². The van der Waals surface area contributed by atoms with Crippen LogP contribution in [0.25, 0.3) is 0 Å². The van der Waals surface area contributed by atoms with E-state index in [1.807, 2.05) is 0 Å². The standard InChI is InChI=1S/C10H20N4O2S/c1-8(6-11)4-3-5-13-17(15,16)10-7-12-14-9(10)2/h7-8,13H,3-6,11H2,1-2H3,(H,12,14). The Morgan fingerprint density at radius 2 is 2.29 bits per heavy atom. The third-order valence-corrected chi connectivity index (χ3v) is 4.22. The van der Waals surface area contributed by atoms with Gasteiger partial charge in [0.1, 0.15) is 4.90 Å². The van der Waals surface area contributed by atoms with Crippen LogP contribution in [0.15, 0.2) is 11.1 Å². The fraction of sp³-hybridized carbons (Fsp3) is 0.700. The maximum absolute atomic E-state index is 11.8. The predicted octanol–water partition coefficient (Wildman–Crippen LogP) is 0.371. The largest absolute Gasteiger partial charge is 0.330 e. The van der Waals surface area contributed by atoms with Crippen LogP contribution in [0.1, 0.15) is 25.5 Å². The lowest BCUT2D eigenvalue weighted by Crippen LogP contribution is -2.25. The lowest BCUT2D eigenvalue weighted by molar-refractivity contribution is 0.513. The maximum atomic E-state index is 11.8. The van der Waals surface area contributed by atoms with Gasteiger partial charge in [-0.2, -0.15) is 5.10 Å². The molecular formula is C10H20N4O2S. The van der Waals surface area contributed by atoms with E-state index in [9.17, 15) is 8.42 Å². The van der Waals surface area contributed by atoms with Crippen molar-refractivity contribution >= 4 is 10.0 Å². The number of nitrogens with zero attached hydrogens (tertiary/aromatic N) is 1. The second kappa shape index (κ2) is 6.13. The highest BCUT2D eigenvalue weighted by molar-refractivity contribution is 7.89. The molecule has 0 aliphatic carbocycles. The normalized spacial score (nSPS) is 13.8. The van der Waals surface area contributed by atoms with Crippen molar-refractivity contribution in [1.29, 1.82) is 0 Å². The molecule has 1 unspecified atom stereocenters. The Morgan fingerprint density at radius 1 is 1.59 bits per heavy atom. The van der Waals surface area contributed by atoms with E-state index in [0.29, 0.717) is 24.7 Å². The first kappa shape index (κ1) is 14.1. The van der Waals surface area contributed by atoms with Crippen LogP contribution in [-0.2, 0) is 10.0 Å². The van der Waals surface area contributed by atoms with Crippen LogP contribution in [0.2, 0.25) is 0 Å². The molecule has 0 saturated carbocycles. The molecule has 0 aromatic carbocycles. The van der Waals surface area contributed by atoms with Gasteiger partial charge in [-0.05, 0) is 32.2 Å². The van der Waals surface area contributed by atoms with E-state index < -0.39 is 10.0 Å². The lowest BCUT2D eigenvalue weighted by atomic mass is 10.1. The van der Waals surface area contributed by atoms with Gasteiger partial charge in [-0.3, -0.25) is 5.10 Å². The quantitative estimate of drug-likeness (QED) is 0.616. The van der Waals surface area contributed by atoms with Gasteiger partial charge in [-0.15, -0.1) is 0 Å². The summed E-state index contributed by atoms with van der Waals surface area (Å²) in [5, 5.41) is 6.30. The molecule has 4 N–H and O–H groups in total. The highest BCUT2D eigenvalue weighted by atomic mass is 32.2. The summed E-state index contributed by atoms with van der Waals surface area (Å²) in [6.07, 6.45) is 3.03. The smallest absolute Gasteiger partial charge is 0.243 e. The third kappa shape index (κ3) is 4.10. The molecule has 6 nitrogen and oxygen atoms in total. The SMILES string of the molecule is Cc1[nH]ncc1S(=O)(=O)NCCCC(C)CN. The van der Waals surface area contributed by atoms with Crippen LogP contribution in [0.4, 0.5) is 0 Å². The Hall–Kier alpha value is -0.920. The number of rotatable bonds is 7. The molecule has 0 radical (unpaired) electrons. The van der Waals surface area contributed by atoms with E-state index >= 15 is 0 Å². The summed E-state index contributed by atoms with van der Waals surface area (Å²) in [4.78, 5) is 0.212. The number of aromatic amines is 1. The van der Waals surface area contributed by atoms with E-state index in [-0.39, 0.29) is 4.90 Å². The number of H-pyrrole nitrogens is 1. The van der Waals surface area contributed by atoms with Gasteiger partial charge in [0.2, 0.25) is 10.0 Å². The number of nitrogens with two attached hydrogens (primary N) is 1. The Kier molecular flexibility index (Phi) is 5.10. The molecule has 0 aliphatic rings. The first-order chi connectivity index (χ1) is 7.97. The molecule has 17 heavy (non-hydrogen) atoms. The Labute approximate surface area is 102 Å². The van der Waals surface area contributed by atoms with Crippen molar-refractivity contribution in [3.8, 4) is 0 Å². The molecular weight excluding hydrogens is 240 g/mol. The van der Waals surface area contributed by atoms with E-state index in [2.05, 4.69) is 21.8 Å². The maximum Gasteiger partial charge on any atom is 0.243 e. The molecule has 0 amide bonds. The van der Waals surface area contributed by atoms with Crippen molar-refractivity contribution < 1.29 is 8.42 Å². The van der Waals surface area contributed by atoms with Crippen molar-refractivity contribution in [3.63, 3.8) is 0 Å². The molecule has 0 spiro atoms. The average Bonchev–Trinajstić information content (AvgIpc) is 2.71. The molecule has 0 fully saturated rings. The summed E-state index contributed by atoms with van der Waals surface area (Å²) in [7, 11) is -3.43. The average molecular weight is 260 g/mol. The molecule has 98 valence electrons. The van der Waals surface area contributed by atoms with Gasteiger partial charge in [0, 0.05) is 6.54 Å². The monoisotopic (exact) mass is 260 g/mol. The van der Waals surface area contributed by atoms with Crippen molar-refractivity contribution in [2.75, 3.05) is 13.1 Å². The van der Waals surface area contributed by atoms with Gasteiger partial charge < -0.3 is 5.73 Å². The fourth-order valence-corrected chi connectivity index (χ4v) is 2.67. The highest BCUT2D eigenvalue weighted by Gasteiger charge is 2.17. The van der Waals surface area contributed by atoms with Gasteiger partial charge in [-0.1, -0.05) is 6.92 Å². The fourth-order valence-electron chi connectivity index (χ4n) is 1.46. The van der Waals surface area contributed by atoms with Crippen LogP contribution < -0.4 is 10.5 Å². The zero-order valence-corrected chi connectivity index (χ0v) is 11.0. The molecule has 1 atom stereocenters. The van der Waals surface area contributed by atoms with Gasteiger partial charge in [0.05, 0.1) is 11.9 Å². The van der Waals surface area contributed by atoms with Crippen LogP contribution in [-0.4, -0.2) is 31.7 Å². The van der Waals surface area contributed by atoms with Crippen molar-refractivity contribution in [2.45, 2.75) is 31.6 Å².